The molecule has 1 aliphatic rings. The number of hydrogen-bond donors (Lipinski definition) is 3. The van der Waals surface area contributed by atoms with Crippen LogP contribution in [0.2, 0.25) is 0 Å². The van der Waals surface area contributed by atoms with E-state index in [1.165, 1.54) is 0 Å². The fourth-order valence-electron chi connectivity index (χ4n) is 2.18. The molecule has 0 aromatic heterocycles. The highest BCUT2D eigenvalue weighted by Crippen LogP contribution is 2.19. The Kier molecular flexibility index (Phi) is 5.24. The molecule has 0 aromatic rings. The molecular formula is C10H22BN2O3+. The predicted molar refractivity (Wildman–Crippen MR) is 61.1 cm³/mol. The lowest BCUT2D eigenvalue weighted by molar-refractivity contribution is -0.407. The van der Waals surface area contributed by atoms with E-state index < -0.39 is 13.1 Å². The lowest BCUT2D eigenvalue weighted by Crippen LogP contribution is -2.68. The van der Waals surface area contributed by atoms with E-state index in [1.54, 1.807) is 4.90 Å². The maximum absolute atomic E-state index is 12.0. The fourth-order valence-corrected chi connectivity index (χ4v) is 2.18. The Morgan fingerprint density at radius 2 is 2.31 bits per heavy atom. The number of rotatable bonds is 5. The zero-order valence-electron chi connectivity index (χ0n) is 9.93. The first kappa shape index (κ1) is 13.5. The van der Waals surface area contributed by atoms with E-state index in [1.807, 2.05) is 0 Å². The monoisotopic (exact) mass is 229 g/mol. The van der Waals surface area contributed by atoms with Gasteiger partial charge in [-0.2, -0.15) is 0 Å². The normalized spacial score (nSPS) is 22.2. The highest BCUT2D eigenvalue weighted by atomic mass is 16.4. The average molecular weight is 229 g/mol. The first-order chi connectivity index (χ1) is 7.57. The Hall–Kier alpha value is -0.585. The highest BCUT2D eigenvalue weighted by molar-refractivity contribution is 6.43. The maximum Gasteiger partial charge on any atom is 0.475 e. The van der Waals surface area contributed by atoms with Crippen molar-refractivity contribution in [3.63, 3.8) is 0 Å². The lowest BCUT2D eigenvalue weighted by Gasteiger charge is -2.25. The molecule has 5 nitrogen and oxygen atoms in total. The molecule has 0 radical (unpaired) electrons. The molecule has 1 aliphatic heterocycles. The van der Waals surface area contributed by atoms with E-state index in [0.29, 0.717) is 13.0 Å². The Bertz CT molecular complexity index is 238. The molecule has 2 atom stereocenters. The molecule has 6 heteroatoms. The third-order valence-corrected chi connectivity index (χ3v) is 3.18. The van der Waals surface area contributed by atoms with Gasteiger partial charge in [0.25, 0.3) is 5.91 Å². The van der Waals surface area contributed by atoms with Gasteiger partial charge in [-0.05, 0) is 19.3 Å². The van der Waals surface area contributed by atoms with Crippen molar-refractivity contribution >= 4 is 13.0 Å². The number of likely N-dealkylation sites (tertiary alicyclic amines) is 1. The van der Waals surface area contributed by atoms with Crippen molar-refractivity contribution in [3.8, 4) is 0 Å². The fraction of sp³-hybridized carbons (Fsp3) is 0.900. The quantitative estimate of drug-likeness (QED) is 0.517. The van der Waals surface area contributed by atoms with Crippen molar-refractivity contribution in [2.24, 2.45) is 0 Å². The van der Waals surface area contributed by atoms with E-state index in [4.69, 9.17) is 0 Å². The van der Waals surface area contributed by atoms with Gasteiger partial charge in [-0.3, -0.25) is 4.79 Å². The number of hydrogen-bond acceptors (Lipinski definition) is 3. The van der Waals surface area contributed by atoms with Gasteiger partial charge in [-0.15, -0.1) is 0 Å². The Morgan fingerprint density at radius 3 is 2.88 bits per heavy atom. The van der Waals surface area contributed by atoms with Crippen molar-refractivity contribution in [3.05, 3.63) is 0 Å². The number of carbonyl (C=O) groups excluding carboxylic acids is 1. The summed E-state index contributed by atoms with van der Waals surface area (Å²) in [6.07, 6.45) is 4.32. The van der Waals surface area contributed by atoms with Gasteiger partial charge < -0.3 is 20.7 Å². The molecule has 0 aliphatic carbocycles. The second kappa shape index (κ2) is 6.22. The molecule has 5 N–H and O–H groups in total. The molecule has 1 rings (SSSR count). The molecule has 0 spiro atoms. The van der Waals surface area contributed by atoms with E-state index >= 15 is 0 Å². The molecule has 92 valence electrons. The molecule has 16 heavy (non-hydrogen) atoms. The highest BCUT2D eigenvalue weighted by Gasteiger charge is 2.39. The van der Waals surface area contributed by atoms with Crippen LogP contribution in [0.5, 0.6) is 0 Å². The minimum absolute atomic E-state index is 0.0379. The Labute approximate surface area is 96.8 Å². The topological polar surface area (TPSA) is 88.4 Å². The van der Waals surface area contributed by atoms with Crippen LogP contribution in [0, 0.1) is 0 Å². The van der Waals surface area contributed by atoms with Gasteiger partial charge in [-0.25, -0.2) is 0 Å². The summed E-state index contributed by atoms with van der Waals surface area (Å²) in [5.41, 5.74) is 3.86. The summed E-state index contributed by atoms with van der Waals surface area (Å²) in [5.74, 6) is -0.470. The van der Waals surface area contributed by atoms with Gasteiger partial charge in [0.2, 0.25) is 0 Å². The number of amides is 1. The van der Waals surface area contributed by atoms with Gasteiger partial charge >= 0.3 is 7.12 Å². The van der Waals surface area contributed by atoms with Crippen LogP contribution in [-0.2, 0) is 4.79 Å². The van der Waals surface area contributed by atoms with Crippen molar-refractivity contribution in [1.29, 1.82) is 0 Å². The van der Waals surface area contributed by atoms with E-state index in [9.17, 15) is 14.8 Å². The van der Waals surface area contributed by atoms with Crippen molar-refractivity contribution in [2.45, 2.75) is 51.0 Å². The summed E-state index contributed by atoms with van der Waals surface area (Å²) in [7, 11) is -1.43. The summed E-state index contributed by atoms with van der Waals surface area (Å²) in [6, 6.07) is -0.251. The van der Waals surface area contributed by atoms with Crippen molar-refractivity contribution in [2.75, 3.05) is 6.54 Å². The average Bonchev–Trinajstić information content (AvgIpc) is 2.73. The number of carbonyl (C=O) groups is 1. The standard InChI is InChI=1S/C10H21BN2O3/c1-2-3-5-8(12)10(14)13-7-4-6-9(13)11(15)16/h8-9,15-16H,2-7,12H2,1H3/p+1. The van der Waals surface area contributed by atoms with Crippen LogP contribution >= 0.6 is 0 Å². The lowest BCUT2D eigenvalue weighted by atomic mass is 9.77. The number of unbranched alkanes of at least 4 members (excludes halogenated alkanes) is 1. The predicted octanol–water partition coefficient (Wildman–Crippen LogP) is -1.21. The number of quaternary nitrogens is 1. The SMILES string of the molecule is CCCCC([NH3+])C(=O)N1CCCC1B(O)O. The summed E-state index contributed by atoms with van der Waals surface area (Å²) < 4.78 is 0. The molecule has 0 saturated carbocycles. The van der Waals surface area contributed by atoms with E-state index in [0.717, 1.165) is 25.7 Å². The molecule has 1 fully saturated rings. The molecule has 0 aromatic carbocycles. The first-order valence-electron chi connectivity index (χ1n) is 6.07. The summed E-state index contributed by atoms with van der Waals surface area (Å²) >= 11 is 0. The Balaban J connectivity index is 2.51. The summed E-state index contributed by atoms with van der Waals surface area (Å²) in [5, 5.41) is 18.3. The van der Waals surface area contributed by atoms with Gasteiger partial charge in [-0.1, -0.05) is 13.3 Å². The van der Waals surface area contributed by atoms with Crippen LogP contribution in [0.4, 0.5) is 0 Å². The van der Waals surface area contributed by atoms with Crippen LogP contribution in [-0.4, -0.2) is 46.5 Å². The zero-order valence-corrected chi connectivity index (χ0v) is 9.93. The van der Waals surface area contributed by atoms with Gasteiger partial charge in [0.15, 0.2) is 6.04 Å². The molecular weight excluding hydrogens is 207 g/mol. The van der Waals surface area contributed by atoms with Crippen LogP contribution in [0.25, 0.3) is 0 Å². The van der Waals surface area contributed by atoms with Gasteiger partial charge in [0.1, 0.15) is 0 Å². The van der Waals surface area contributed by atoms with Gasteiger partial charge in [0, 0.05) is 13.0 Å². The zero-order chi connectivity index (χ0) is 12.1. The smallest absolute Gasteiger partial charge is 0.426 e. The molecule has 0 bridgehead atoms. The number of nitrogens with zero attached hydrogens (tertiary/aromatic N) is 1. The summed E-state index contributed by atoms with van der Waals surface area (Å²) in [4.78, 5) is 13.6. The molecule has 2 unspecified atom stereocenters. The minimum Gasteiger partial charge on any atom is -0.426 e. The van der Waals surface area contributed by atoms with Crippen LogP contribution in [0.3, 0.4) is 0 Å². The minimum atomic E-state index is -1.43. The van der Waals surface area contributed by atoms with Crippen LogP contribution in [0.15, 0.2) is 0 Å². The second-order valence-corrected chi connectivity index (χ2v) is 4.49. The second-order valence-electron chi connectivity index (χ2n) is 4.49. The van der Waals surface area contributed by atoms with Crippen LogP contribution in [0.1, 0.15) is 39.0 Å². The summed E-state index contributed by atoms with van der Waals surface area (Å²) in [6.45, 7) is 2.70. The van der Waals surface area contributed by atoms with Crippen LogP contribution < -0.4 is 5.73 Å². The van der Waals surface area contributed by atoms with Gasteiger partial charge in [0.05, 0.1) is 5.94 Å². The van der Waals surface area contributed by atoms with E-state index in [2.05, 4.69) is 12.7 Å². The largest absolute Gasteiger partial charge is 0.475 e. The van der Waals surface area contributed by atoms with Crippen molar-refractivity contribution < 1.29 is 20.6 Å². The Morgan fingerprint density at radius 1 is 1.62 bits per heavy atom. The molecule has 1 amide bonds. The third-order valence-electron chi connectivity index (χ3n) is 3.18. The molecule has 1 heterocycles. The van der Waals surface area contributed by atoms with E-state index in [-0.39, 0.29) is 11.9 Å². The van der Waals surface area contributed by atoms with Crippen molar-refractivity contribution in [1.82, 2.24) is 4.90 Å². The third kappa shape index (κ3) is 3.20. The molecule has 1 saturated heterocycles. The first-order valence-corrected chi connectivity index (χ1v) is 6.07. The maximum atomic E-state index is 12.0.